The molecule has 0 N–H and O–H groups in total. The van der Waals surface area contributed by atoms with Gasteiger partial charge in [0, 0.05) is 0 Å². The Labute approximate surface area is 77.1 Å². The van der Waals surface area contributed by atoms with Crippen LogP contribution in [0.2, 0.25) is 5.28 Å². The molecule has 0 bridgehead atoms. The third-order valence-electron chi connectivity index (χ3n) is 1.92. The molecule has 0 aliphatic carbocycles. The molecule has 0 unspecified atom stereocenters. The van der Waals surface area contributed by atoms with E-state index in [1.165, 1.54) is 5.56 Å². The number of benzene rings is 1. The van der Waals surface area contributed by atoms with E-state index in [2.05, 4.69) is 60.5 Å². The molecule has 0 nitrogen and oxygen atoms in total. The Morgan fingerprint density at radius 2 is 1.73 bits per heavy atom. The Morgan fingerprint density at radius 3 is 2.18 bits per heavy atom. The zero-order valence-electron chi connectivity index (χ0n) is 7.00. The van der Waals surface area contributed by atoms with Crippen molar-refractivity contribution in [1.82, 2.24) is 0 Å². The van der Waals surface area contributed by atoms with E-state index in [1.807, 2.05) is 0 Å². The van der Waals surface area contributed by atoms with Crippen molar-refractivity contribution >= 4 is 0 Å². The molecule has 0 aromatic heterocycles. The average molecular weight is 185 g/mol. The summed E-state index contributed by atoms with van der Waals surface area (Å²) in [4.78, 5) is 0. The Balaban J connectivity index is 2.93. The SMILES string of the molecule is CC(C)([CH2][Cr])c1ccccc1. The van der Waals surface area contributed by atoms with Crippen molar-refractivity contribution in [3.63, 3.8) is 0 Å². The molecule has 1 rings (SSSR count). The van der Waals surface area contributed by atoms with Crippen LogP contribution in [0, 0.1) is 0 Å². The second kappa shape index (κ2) is 3.43. The molecule has 1 heteroatoms. The van der Waals surface area contributed by atoms with Crippen LogP contribution in [0.1, 0.15) is 19.4 Å². The van der Waals surface area contributed by atoms with Gasteiger partial charge in [-0.25, -0.2) is 0 Å². The summed E-state index contributed by atoms with van der Waals surface area (Å²) in [5.74, 6) is 0. The standard InChI is InChI=1S/C10H13.Cr/c1-10(2,3)9-7-5-4-6-8-9;/h4-8H,1H2,2-3H3;. The summed E-state index contributed by atoms with van der Waals surface area (Å²) in [6, 6.07) is 10.6. The van der Waals surface area contributed by atoms with Crippen molar-refractivity contribution in [2.24, 2.45) is 0 Å². The van der Waals surface area contributed by atoms with Crippen molar-refractivity contribution in [3.8, 4) is 0 Å². The molecule has 1 aromatic carbocycles. The Hall–Kier alpha value is -0.248. The topological polar surface area (TPSA) is 0 Å². The molecular weight excluding hydrogens is 172 g/mol. The van der Waals surface area contributed by atoms with E-state index >= 15 is 0 Å². The summed E-state index contributed by atoms with van der Waals surface area (Å²) in [7, 11) is 0. The fourth-order valence-corrected chi connectivity index (χ4v) is 1.23. The first kappa shape index (κ1) is 8.85. The summed E-state index contributed by atoms with van der Waals surface area (Å²) in [6.07, 6.45) is 0. The van der Waals surface area contributed by atoms with Crippen LogP contribution in [-0.2, 0) is 21.7 Å². The number of hydrogen-bond donors (Lipinski definition) is 0. The van der Waals surface area contributed by atoms with Gasteiger partial charge in [0.25, 0.3) is 0 Å². The van der Waals surface area contributed by atoms with Gasteiger partial charge in [-0.05, 0) is 0 Å². The van der Waals surface area contributed by atoms with Crippen molar-refractivity contribution in [2.45, 2.75) is 24.5 Å². The molecule has 0 amide bonds. The third-order valence-corrected chi connectivity index (χ3v) is 3.04. The van der Waals surface area contributed by atoms with Crippen LogP contribution in [0.5, 0.6) is 0 Å². The van der Waals surface area contributed by atoms with Gasteiger partial charge in [0.2, 0.25) is 0 Å². The Kier molecular flexibility index (Phi) is 2.76. The zero-order valence-corrected chi connectivity index (χ0v) is 8.28. The Bertz CT molecular complexity index is 214. The number of rotatable bonds is 2. The molecule has 0 aliphatic heterocycles. The summed E-state index contributed by atoms with van der Waals surface area (Å²) in [5.41, 5.74) is 1.68. The molecule has 0 fully saturated rings. The van der Waals surface area contributed by atoms with Crippen LogP contribution in [-0.4, -0.2) is 0 Å². The molecule has 0 spiro atoms. The van der Waals surface area contributed by atoms with Crippen LogP contribution >= 0.6 is 0 Å². The van der Waals surface area contributed by atoms with Gasteiger partial charge >= 0.3 is 76.7 Å². The molecule has 1 aromatic rings. The van der Waals surface area contributed by atoms with Crippen molar-refractivity contribution in [2.75, 3.05) is 0 Å². The molecule has 0 aliphatic rings. The first-order chi connectivity index (χ1) is 5.17. The summed E-state index contributed by atoms with van der Waals surface area (Å²) in [6.45, 7) is 4.50. The van der Waals surface area contributed by atoms with Crippen molar-refractivity contribution in [1.29, 1.82) is 0 Å². The van der Waals surface area contributed by atoms with Crippen molar-refractivity contribution < 1.29 is 16.3 Å². The minimum atomic E-state index is 0.279. The summed E-state index contributed by atoms with van der Waals surface area (Å²) < 4.78 is 0. The average Bonchev–Trinajstić information content (AvgIpc) is 2.06. The van der Waals surface area contributed by atoms with E-state index in [0.29, 0.717) is 0 Å². The van der Waals surface area contributed by atoms with E-state index < -0.39 is 0 Å². The molecular formula is C10H13Cr. The zero-order chi connectivity index (χ0) is 8.32. The second-order valence-corrected chi connectivity index (χ2v) is 3.85. The van der Waals surface area contributed by atoms with E-state index in [0.717, 1.165) is 5.28 Å². The Morgan fingerprint density at radius 1 is 1.18 bits per heavy atom. The van der Waals surface area contributed by atoms with Crippen LogP contribution in [0.15, 0.2) is 30.3 Å². The first-order valence-corrected chi connectivity index (χ1v) is 4.70. The van der Waals surface area contributed by atoms with E-state index in [9.17, 15) is 0 Å². The van der Waals surface area contributed by atoms with Gasteiger partial charge in [-0.2, -0.15) is 0 Å². The molecule has 0 heterocycles. The fourth-order valence-electron chi connectivity index (χ4n) is 0.973. The van der Waals surface area contributed by atoms with Gasteiger partial charge < -0.3 is 0 Å². The quantitative estimate of drug-likeness (QED) is 0.664. The molecule has 0 radical (unpaired) electrons. The second-order valence-electron chi connectivity index (χ2n) is 3.39. The van der Waals surface area contributed by atoms with Crippen LogP contribution in [0.25, 0.3) is 0 Å². The predicted molar refractivity (Wildman–Crippen MR) is 44.3 cm³/mol. The molecule has 0 atom stereocenters. The van der Waals surface area contributed by atoms with Crippen LogP contribution in [0.4, 0.5) is 0 Å². The van der Waals surface area contributed by atoms with Crippen LogP contribution in [0.3, 0.4) is 0 Å². The summed E-state index contributed by atoms with van der Waals surface area (Å²) >= 11 is 3.08. The van der Waals surface area contributed by atoms with E-state index in [-0.39, 0.29) is 5.41 Å². The molecule has 59 valence electrons. The van der Waals surface area contributed by atoms with Crippen molar-refractivity contribution in [3.05, 3.63) is 35.9 Å². The van der Waals surface area contributed by atoms with Gasteiger partial charge in [-0.3, -0.25) is 0 Å². The molecule has 0 saturated carbocycles. The van der Waals surface area contributed by atoms with Crippen LogP contribution < -0.4 is 0 Å². The van der Waals surface area contributed by atoms with E-state index in [4.69, 9.17) is 0 Å². The normalized spacial score (nSPS) is 11.5. The van der Waals surface area contributed by atoms with E-state index in [1.54, 1.807) is 0 Å². The predicted octanol–water partition coefficient (Wildman–Crippen LogP) is 2.93. The fraction of sp³-hybridized carbons (Fsp3) is 0.400. The van der Waals surface area contributed by atoms with Gasteiger partial charge in [0.1, 0.15) is 0 Å². The maximum atomic E-state index is 3.08. The number of hydrogen-bond acceptors (Lipinski definition) is 0. The third kappa shape index (κ3) is 2.09. The van der Waals surface area contributed by atoms with Gasteiger partial charge in [-0.1, -0.05) is 0 Å². The maximum absolute atomic E-state index is 3.08. The molecule has 0 saturated heterocycles. The molecule has 11 heavy (non-hydrogen) atoms. The van der Waals surface area contributed by atoms with Gasteiger partial charge in [-0.15, -0.1) is 0 Å². The van der Waals surface area contributed by atoms with Gasteiger partial charge in [0.05, 0.1) is 0 Å². The first-order valence-electron chi connectivity index (χ1n) is 3.80. The summed E-state index contributed by atoms with van der Waals surface area (Å²) in [5, 5.41) is 1.07. The minimum absolute atomic E-state index is 0.279. The van der Waals surface area contributed by atoms with Gasteiger partial charge in [0.15, 0.2) is 0 Å². The monoisotopic (exact) mass is 185 g/mol.